The van der Waals surface area contributed by atoms with Crippen LogP contribution in [0.2, 0.25) is 10.0 Å². The first-order valence-corrected chi connectivity index (χ1v) is 8.71. The molecule has 0 saturated heterocycles. The molecule has 0 fully saturated rings. The third-order valence-corrected chi connectivity index (χ3v) is 5.23. The molecule has 2 N–H and O–H groups in total. The highest BCUT2D eigenvalue weighted by Gasteiger charge is 2.43. The Morgan fingerprint density at radius 3 is 2.54 bits per heavy atom. The molecule has 0 aromatic heterocycles. The van der Waals surface area contributed by atoms with Crippen LogP contribution in [0.25, 0.3) is 0 Å². The number of nitrogens with one attached hydrogen (secondary N) is 2. The van der Waals surface area contributed by atoms with Crippen molar-refractivity contribution < 1.29 is 14.4 Å². The molecule has 2 atom stereocenters. The van der Waals surface area contributed by atoms with Crippen molar-refractivity contribution in [2.24, 2.45) is 0 Å². The summed E-state index contributed by atoms with van der Waals surface area (Å²) in [5, 5.41) is 3.90. The van der Waals surface area contributed by atoms with Crippen molar-refractivity contribution in [1.29, 1.82) is 0 Å². The number of fused-ring (bicyclic) bond motifs is 1. The van der Waals surface area contributed by atoms with Gasteiger partial charge < -0.3 is 15.5 Å². The molecular formula is C16H17B2Cl2N3O3. The van der Waals surface area contributed by atoms with Crippen LogP contribution in [-0.2, 0) is 19.7 Å². The first-order valence-electron chi connectivity index (χ1n) is 7.95. The largest absolute Gasteiger partial charge is 0.357 e. The summed E-state index contributed by atoms with van der Waals surface area (Å²) in [6.07, 6.45) is 0.488. The van der Waals surface area contributed by atoms with Gasteiger partial charge in [-0.05, 0) is 41.9 Å². The number of carbonyl (C=O) groups is 3. The molecule has 10 heteroatoms. The second-order valence-corrected chi connectivity index (χ2v) is 6.92. The molecule has 1 heterocycles. The van der Waals surface area contributed by atoms with Crippen LogP contribution in [0.5, 0.6) is 0 Å². The van der Waals surface area contributed by atoms with E-state index >= 15 is 0 Å². The molecule has 134 valence electrons. The Morgan fingerprint density at radius 1 is 1.35 bits per heavy atom. The van der Waals surface area contributed by atoms with Gasteiger partial charge in [-0.1, -0.05) is 23.2 Å². The van der Waals surface area contributed by atoms with Crippen LogP contribution in [-0.4, -0.2) is 51.9 Å². The van der Waals surface area contributed by atoms with Gasteiger partial charge in [-0.2, -0.15) is 0 Å². The lowest BCUT2D eigenvalue weighted by atomic mass is 9.58. The molecule has 0 aliphatic carbocycles. The van der Waals surface area contributed by atoms with Gasteiger partial charge in [0.05, 0.1) is 31.8 Å². The van der Waals surface area contributed by atoms with Crippen molar-refractivity contribution in [3.8, 4) is 0 Å². The minimum absolute atomic E-state index is 0.0329. The average Bonchev–Trinajstić information content (AvgIpc) is 2.77. The number of halogens is 2. The lowest BCUT2D eigenvalue weighted by Crippen LogP contribution is -2.48. The maximum Gasteiger partial charge on any atom is 0.242 e. The normalized spacial score (nSPS) is 18.8. The molecule has 1 aliphatic heterocycles. The molecule has 0 spiro atoms. The maximum absolute atomic E-state index is 12.8. The third kappa shape index (κ3) is 3.71. The molecule has 2 rings (SSSR count). The van der Waals surface area contributed by atoms with Gasteiger partial charge in [-0.3, -0.25) is 14.4 Å². The zero-order valence-electron chi connectivity index (χ0n) is 14.4. The van der Waals surface area contributed by atoms with Gasteiger partial charge in [0.15, 0.2) is 0 Å². The van der Waals surface area contributed by atoms with Crippen molar-refractivity contribution >= 4 is 57.1 Å². The van der Waals surface area contributed by atoms with E-state index < -0.39 is 23.3 Å². The quantitative estimate of drug-likeness (QED) is 0.560. The Hall–Kier alpha value is -1.66. The number of hydrogen-bond donors (Lipinski definition) is 2. The second kappa shape index (κ2) is 7.92. The van der Waals surface area contributed by atoms with Crippen molar-refractivity contribution in [3.63, 3.8) is 0 Å². The van der Waals surface area contributed by atoms with E-state index in [1.54, 1.807) is 19.1 Å². The lowest BCUT2D eigenvalue weighted by Gasteiger charge is -2.37. The Balaban J connectivity index is 2.21. The summed E-state index contributed by atoms with van der Waals surface area (Å²) in [6, 6.07) is 1.97. The zero-order valence-corrected chi connectivity index (χ0v) is 15.9. The van der Waals surface area contributed by atoms with E-state index in [9.17, 15) is 14.4 Å². The first-order chi connectivity index (χ1) is 12.1. The van der Waals surface area contributed by atoms with Crippen LogP contribution in [0.1, 0.15) is 36.9 Å². The van der Waals surface area contributed by atoms with Gasteiger partial charge in [0.25, 0.3) is 0 Å². The topological polar surface area (TPSA) is 78.5 Å². The van der Waals surface area contributed by atoms with E-state index in [0.717, 1.165) is 0 Å². The highest BCUT2D eigenvalue weighted by atomic mass is 35.5. The predicted octanol–water partition coefficient (Wildman–Crippen LogP) is 0.985. The monoisotopic (exact) mass is 391 g/mol. The predicted molar refractivity (Wildman–Crippen MR) is 101 cm³/mol. The third-order valence-electron chi connectivity index (χ3n) is 4.51. The number of nitrogens with zero attached hydrogens (tertiary/aromatic N) is 1. The summed E-state index contributed by atoms with van der Waals surface area (Å²) in [5.41, 5.74) is 1.23. The minimum atomic E-state index is -1.55. The molecule has 4 radical (unpaired) electrons. The minimum Gasteiger partial charge on any atom is -0.357 e. The Morgan fingerprint density at radius 2 is 1.96 bits per heavy atom. The molecule has 1 aromatic rings. The van der Waals surface area contributed by atoms with Gasteiger partial charge in [-0.15, -0.1) is 0 Å². The summed E-state index contributed by atoms with van der Waals surface area (Å²) in [4.78, 5) is 36.5. The van der Waals surface area contributed by atoms with Crippen LogP contribution in [0, 0.1) is 0 Å². The molecule has 2 unspecified atom stereocenters. The molecular weight excluding hydrogens is 375 g/mol. The summed E-state index contributed by atoms with van der Waals surface area (Å²) in [5.74, 6) is -0.750. The molecule has 6 nitrogen and oxygen atoms in total. The fraction of sp³-hybridized carbons (Fsp3) is 0.438. The average molecular weight is 392 g/mol. The summed E-state index contributed by atoms with van der Waals surface area (Å²) < 4.78 is 0. The Labute approximate surface area is 164 Å². The molecule has 1 aliphatic rings. The number of amides is 3. The highest BCUT2D eigenvalue weighted by Crippen LogP contribution is 2.45. The van der Waals surface area contributed by atoms with Crippen LogP contribution in [0.3, 0.4) is 0 Å². The Bertz CT molecular complexity index is 746. The summed E-state index contributed by atoms with van der Waals surface area (Å²) >= 11 is 12.1. The fourth-order valence-corrected chi connectivity index (χ4v) is 3.54. The second-order valence-electron chi connectivity index (χ2n) is 6.11. The van der Waals surface area contributed by atoms with Gasteiger partial charge >= 0.3 is 0 Å². The number of likely N-dealkylation sites (N-methyl/N-ethyl adjacent to an activating group) is 1. The summed E-state index contributed by atoms with van der Waals surface area (Å²) in [7, 11) is 13.9. The van der Waals surface area contributed by atoms with E-state index in [0.29, 0.717) is 27.6 Å². The number of benzene rings is 1. The number of rotatable bonds is 6. The molecule has 3 amide bonds. The van der Waals surface area contributed by atoms with E-state index in [1.807, 2.05) is 0 Å². The van der Waals surface area contributed by atoms with E-state index in [-0.39, 0.29) is 18.7 Å². The molecule has 26 heavy (non-hydrogen) atoms. The van der Waals surface area contributed by atoms with Gasteiger partial charge in [0.1, 0.15) is 6.04 Å². The smallest absolute Gasteiger partial charge is 0.242 e. The molecule has 1 aromatic carbocycles. The first kappa shape index (κ1) is 20.6. The van der Waals surface area contributed by atoms with Crippen LogP contribution in [0.4, 0.5) is 0 Å². The van der Waals surface area contributed by atoms with E-state index in [1.165, 1.54) is 11.9 Å². The number of carbonyl (C=O) groups excluding carboxylic acids is 3. The molecule has 0 saturated carbocycles. The fourth-order valence-electron chi connectivity index (χ4n) is 3.20. The van der Waals surface area contributed by atoms with Gasteiger partial charge in [-0.25, -0.2) is 0 Å². The van der Waals surface area contributed by atoms with Crippen LogP contribution >= 0.6 is 23.2 Å². The summed E-state index contributed by atoms with van der Waals surface area (Å²) in [6.45, 7) is 1.78. The zero-order chi connectivity index (χ0) is 19.6. The van der Waals surface area contributed by atoms with E-state index in [2.05, 4.69) is 10.6 Å². The van der Waals surface area contributed by atoms with Gasteiger partial charge in [0, 0.05) is 13.5 Å². The SMILES string of the molecule is [B]C1([B])c2cc(Cl)c(Cl)cc2C(C)N1C(=O)CCC(NC=O)C(=O)NC. The van der Waals surface area contributed by atoms with Gasteiger partial charge in [0.2, 0.25) is 18.2 Å². The van der Waals surface area contributed by atoms with Crippen molar-refractivity contribution in [2.45, 2.75) is 37.2 Å². The Kier molecular flexibility index (Phi) is 6.29. The highest BCUT2D eigenvalue weighted by molar-refractivity contribution is 6.43. The van der Waals surface area contributed by atoms with Crippen molar-refractivity contribution in [3.05, 3.63) is 33.3 Å². The van der Waals surface area contributed by atoms with Crippen molar-refractivity contribution in [1.82, 2.24) is 15.5 Å². The lowest BCUT2D eigenvalue weighted by molar-refractivity contribution is -0.135. The maximum atomic E-state index is 12.8. The van der Waals surface area contributed by atoms with Crippen LogP contribution < -0.4 is 10.6 Å². The standard InChI is InChI=1S/C16H17B2Cl2N3O3/c1-8-9-5-11(19)12(20)6-10(9)16(17,18)23(8)14(25)4-3-13(22-7-24)15(26)21-2/h5-8,13H,3-4H2,1-2H3,(H,21,26)(H,22,24). The number of hydrogen-bond acceptors (Lipinski definition) is 3. The van der Waals surface area contributed by atoms with E-state index in [4.69, 9.17) is 38.9 Å². The molecule has 0 bridgehead atoms. The van der Waals surface area contributed by atoms with Crippen molar-refractivity contribution in [2.75, 3.05) is 7.05 Å². The van der Waals surface area contributed by atoms with Crippen LogP contribution in [0.15, 0.2) is 12.1 Å².